The molecule has 206 valence electrons. The van der Waals surface area contributed by atoms with Crippen molar-refractivity contribution in [2.75, 3.05) is 51.6 Å². The van der Waals surface area contributed by atoms with Crippen LogP contribution in [0.3, 0.4) is 0 Å². The Bertz CT molecular complexity index is 1330. The zero-order valence-electron chi connectivity index (χ0n) is 21.6. The SMILES string of the molecule is CC(=O)N1CCN(CCNC(=O)c2ccc(-c3cnc(N)c(OCCc4c(Cl)ccc(F)c4Cl)c3)cc2)CC1. The topological polar surface area (TPSA) is 101 Å². The number of anilines is 1. The zero-order valence-corrected chi connectivity index (χ0v) is 23.1. The van der Waals surface area contributed by atoms with Gasteiger partial charge in [0.05, 0.1) is 11.6 Å². The molecule has 2 aromatic carbocycles. The first-order valence-corrected chi connectivity index (χ1v) is 13.4. The first-order valence-electron chi connectivity index (χ1n) is 12.6. The summed E-state index contributed by atoms with van der Waals surface area (Å²) in [5, 5.41) is 3.29. The summed E-state index contributed by atoms with van der Waals surface area (Å²) in [6, 6.07) is 11.6. The van der Waals surface area contributed by atoms with Gasteiger partial charge in [0.15, 0.2) is 11.6 Å². The number of nitrogens with zero attached hydrogens (tertiary/aromatic N) is 3. The van der Waals surface area contributed by atoms with E-state index in [0.29, 0.717) is 41.5 Å². The number of nitrogen functional groups attached to an aromatic ring is 1. The highest BCUT2D eigenvalue weighted by molar-refractivity contribution is 6.36. The Kier molecular flexibility index (Phi) is 9.61. The number of nitrogens with one attached hydrogen (secondary N) is 1. The normalized spacial score (nSPS) is 13.8. The number of piperazine rings is 1. The van der Waals surface area contributed by atoms with E-state index in [0.717, 1.165) is 30.8 Å². The fraction of sp³-hybridized carbons (Fsp3) is 0.321. The van der Waals surface area contributed by atoms with Gasteiger partial charge in [-0.1, -0.05) is 35.3 Å². The van der Waals surface area contributed by atoms with Crippen LogP contribution in [0.2, 0.25) is 10.0 Å². The predicted octanol–water partition coefficient (Wildman–Crippen LogP) is 4.29. The van der Waals surface area contributed by atoms with Gasteiger partial charge in [0.2, 0.25) is 5.91 Å². The van der Waals surface area contributed by atoms with E-state index in [9.17, 15) is 14.0 Å². The summed E-state index contributed by atoms with van der Waals surface area (Å²) in [6.45, 7) is 6.05. The second-order valence-electron chi connectivity index (χ2n) is 9.21. The van der Waals surface area contributed by atoms with Gasteiger partial charge in [0.25, 0.3) is 5.91 Å². The van der Waals surface area contributed by atoms with E-state index in [4.69, 9.17) is 33.7 Å². The van der Waals surface area contributed by atoms with Crippen LogP contribution in [0.4, 0.5) is 10.2 Å². The Morgan fingerprint density at radius 1 is 1.08 bits per heavy atom. The summed E-state index contributed by atoms with van der Waals surface area (Å²) in [6.07, 6.45) is 1.92. The fourth-order valence-corrected chi connectivity index (χ4v) is 4.88. The van der Waals surface area contributed by atoms with Crippen LogP contribution in [0.15, 0.2) is 48.7 Å². The predicted molar refractivity (Wildman–Crippen MR) is 151 cm³/mol. The van der Waals surface area contributed by atoms with Gasteiger partial charge >= 0.3 is 0 Å². The molecule has 11 heteroatoms. The third kappa shape index (κ3) is 7.38. The molecule has 1 saturated heterocycles. The van der Waals surface area contributed by atoms with E-state index in [1.165, 1.54) is 12.1 Å². The average Bonchev–Trinajstić information content (AvgIpc) is 2.94. The van der Waals surface area contributed by atoms with Crippen molar-refractivity contribution < 1.29 is 18.7 Å². The van der Waals surface area contributed by atoms with Crippen LogP contribution in [0.1, 0.15) is 22.8 Å². The number of pyridine rings is 1. The molecule has 1 fully saturated rings. The van der Waals surface area contributed by atoms with Gasteiger partial charge in [0.1, 0.15) is 5.82 Å². The maximum absolute atomic E-state index is 13.8. The minimum absolute atomic E-state index is 0.0254. The maximum Gasteiger partial charge on any atom is 0.251 e. The minimum atomic E-state index is -0.541. The number of hydrogen-bond acceptors (Lipinski definition) is 6. The summed E-state index contributed by atoms with van der Waals surface area (Å²) in [7, 11) is 0. The molecule has 8 nitrogen and oxygen atoms in total. The van der Waals surface area contributed by atoms with Gasteiger partial charge < -0.3 is 20.7 Å². The molecule has 3 aromatic rings. The Hall–Kier alpha value is -3.40. The van der Waals surface area contributed by atoms with Gasteiger partial charge in [0, 0.05) is 75.0 Å². The maximum atomic E-state index is 13.8. The highest BCUT2D eigenvalue weighted by Crippen LogP contribution is 2.30. The number of halogens is 3. The van der Waals surface area contributed by atoms with E-state index in [1.807, 2.05) is 17.0 Å². The molecular weight excluding hydrogens is 544 g/mol. The fourth-order valence-electron chi connectivity index (χ4n) is 4.32. The molecule has 2 heterocycles. The van der Waals surface area contributed by atoms with E-state index in [-0.39, 0.29) is 35.7 Å². The lowest BCUT2D eigenvalue weighted by molar-refractivity contribution is -0.130. The number of benzene rings is 2. The molecule has 1 aliphatic heterocycles. The van der Waals surface area contributed by atoms with Gasteiger partial charge in [-0.15, -0.1) is 0 Å². The van der Waals surface area contributed by atoms with Crippen molar-refractivity contribution in [2.45, 2.75) is 13.3 Å². The third-order valence-corrected chi connectivity index (χ3v) is 7.40. The van der Waals surface area contributed by atoms with Crippen LogP contribution in [0.5, 0.6) is 5.75 Å². The van der Waals surface area contributed by atoms with Crippen molar-refractivity contribution >= 4 is 40.8 Å². The molecule has 0 atom stereocenters. The number of carbonyl (C=O) groups is 2. The molecule has 1 aromatic heterocycles. The van der Waals surface area contributed by atoms with Crippen LogP contribution >= 0.6 is 23.2 Å². The molecule has 3 N–H and O–H groups in total. The molecule has 0 spiro atoms. The molecule has 0 bridgehead atoms. The van der Waals surface area contributed by atoms with E-state index >= 15 is 0 Å². The zero-order chi connectivity index (χ0) is 27.9. The van der Waals surface area contributed by atoms with Crippen molar-refractivity contribution in [2.24, 2.45) is 0 Å². The number of rotatable bonds is 9. The quantitative estimate of drug-likeness (QED) is 0.370. The number of ether oxygens (including phenoxy) is 1. The Labute approximate surface area is 236 Å². The number of aromatic nitrogens is 1. The summed E-state index contributed by atoms with van der Waals surface area (Å²) in [5.74, 6) is -0.00360. The molecule has 0 radical (unpaired) electrons. The standard InChI is InChI=1S/C28H30Cl2FN5O3/c1-18(37)36-13-11-35(12-14-36)10-9-33-28(38)20-4-2-19(3-5-20)21-16-25(27(32)34-17-21)39-15-8-22-23(29)6-7-24(31)26(22)30/h2-7,16-17H,8-15H2,1H3,(H2,32,34)(H,33,38). The summed E-state index contributed by atoms with van der Waals surface area (Å²) < 4.78 is 19.6. The van der Waals surface area contributed by atoms with Crippen molar-refractivity contribution in [3.05, 3.63) is 75.7 Å². The molecule has 4 rings (SSSR count). The van der Waals surface area contributed by atoms with Gasteiger partial charge in [-0.25, -0.2) is 9.37 Å². The van der Waals surface area contributed by atoms with Crippen LogP contribution in [-0.4, -0.2) is 72.5 Å². The largest absolute Gasteiger partial charge is 0.489 e. The van der Waals surface area contributed by atoms with E-state index in [2.05, 4.69) is 15.2 Å². The molecule has 0 aliphatic carbocycles. The molecular formula is C28H30Cl2FN5O3. The Morgan fingerprint density at radius 3 is 2.49 bits per heavy atom. The molecule has 2 amide bonds. The average molecular weight is 574 g/mol. The second kappa shape index (κ2) is 13.1. The van der Waals surface area contributed by atoms with Gasteiger partial charge in [-0.3, -0.25) is 14.5 Å². The van der Waals surface area contributed by atoms with Gasteiger partial charge in [-0.2, -0.15) is 0 Å². The Morgan fingerprint density at radius 2 is 1.79 bits per heavy atom. The second-order valence-corrected chi connectivity index (χ2v) is 9.99. The van der Waals surface area contributed by atoms with Crippen molar-refractivity contribution in [1.82, 2.24) is 20.1 Å². The van der Waals surface area contributed by atoms with Crippen LogP contribution in [0, 0.1) is 5.82 Å². The van der Waals surface area contributed by atoms with E-state index in [1.54, 1.807) is 31.3 Å². The van der Waals surface area contributed by atoms with Crippen LogP contribution in [0.25, 0.3) is 11.1 Å². The summed E-state index contributed by atoms with van der Waals surface area (Å²) in [4.78, 5) is 32.3. The lowest BCUT2D eigenvalue weighted by atomic mass is 10.0. The lowest BCUT2D eigenvalue weighted by Crippen LogP contribution is -2.49. The first kappa shape index (κ1) is 28.6. The van der Waals surface area contributed by atoms with Crippen LogP contribution < -0.4 is 15.8 Å². The minimum Gasteiger partial charge on any atom is -0.489 e. The van der Waals surface area contributed by atoms with Crippen molar-refractivity contribution in [1.29, 1.82) is 0 Å². The smallest absolute Gasteiger partial charge is 0.251 e. The monoisotopic (exact) mass is 573 g/mol. The summed E-state index contributed by atoms with van der Waals surface area (Å²) in [5.41, 5.74) is 8.60. The highest BCUT2D eigenvalue weighted by Gasteiger charge is 2.18. The number of carbonyl (C=O) groups excluding carboxylic acids is 2. The van der Waals surface area contributed by atoms with Crippen LogP contribution in [-0.2, 0) is 11.2 Å². The molecule has 0 unspecified atom stereocenters. The number of hydrogen-bond donors (Lipinski definition) is 2. The number of nitrogens with two attached hydrogens (primary N) is 1. The van der Waals surface area contributed by atoms with Gasteiger partial charge in [-0.05, 0) is 41.5 Å². The lowest BCUT2D eigenvalue weighted by Gasteiger charge is -2.34. The molecule has 1 aliphatic rings. The van der Waals surface area contributed by atoms with Crippen molar-refractivity contribution in [3.63, 3.8) is 0 Å². The molecule has 39 heavy (non-hydrogen) atoms. The van der Waals surface area contributed by atoms with E-state index < -0.39 is 5.82 Å². The number of amides is 2. The highest BCUT2D eigenvalue weighted by atomic mass is 35.5. The van der Waals surface area contributed by atoms with Crippen molar-refractivity contribution in [3.8, 4) is 16.9 Å². The Balaban J connectivity index is 1.30. The third-order valence-electron chi connectivity index (χ3n) is 6.64. The molecule has 0 saturated carbocycles. The summed E-state index contributed by atoms with van der Waals surface area (Å²) >= 11 is 12.2. The first-order chi connectivity index (χ1) is 18.7.